The molecule has 0 radical (unpaired) electrons. The first-order valence-corrected chi connectivity index (χ1v) is 0.775. The topological polar surface area (TPSA) is 90.7 Å². The van der Waals surface area contributed by atoms with Crippen molar-refractivity contribution in [1.29, 1.82) is 0 Å². The molecular formula is H4BClK2O4. The average molecular weight is 192 g/mol. The predicted octanol–water partition coefficient (Wildman–Crippen LogP) is -11.2. The summed E-state index contributed by atoms with van der Waals surface area (Å²) in [7, 11) is -2.17. The number of hydrogen-bond donors (Lipinski definition) is 3. The van der Waals surface area contributed by atoms with Gasteiger partial charge in [-0.1, -0.05) is 0 Å². The van der Waals surface area contributed by atoms with Crippen molar-refractivity contribution < 1.29 is 136 Å². The maximum atomic E-state index is 7.17. The summed E-state index contributed by atoms with van der Waals surface area (Å²) in [5, 5.41) is 21.5. The van der Waals surface area contributed by atoms with Crippen molar-refractivity contribution in [3.8, 4) is 0 Å². The molecule has 0 aromatic carbocycles. The van der Waals surface area contributed by atoms with Gasteiger partial charge in [-0.25, -0.2) is 0 Å². The minimum Gasteiger partial charge on any atom is -1.00 e. The molecule has 0 rings (SSSR count). The second-order valence-corrected chi connectivity index (χ2v) is 0.346. The van der Waals surface area contributed by atoms with E-state index in [0.717, 1.165) is 0 Å². The van der Waals surface area contributed by atoms with Gasteiger partial charge in [-0.05, 0) is 0 Å². The molecule has 0 unspecified atom stereocenters. The molecule has 8 heavy (non-hydrogen) atoms. The van der Waals surface area contributed by atoms with Gasteiger partial charge in [0.15, 0.2) is 0 Å². The summed E-state index contributed by atoms with van der Waals surface area (Å²) in [6, 6.07) is 0. The first-order chi connectivity index (χ1) is 1.73. The molecule has 0 heterocycles. The molecular weight excluding hydrogens is 188 g/mol. The molecule has 0 fully saturated rings. The molecule has 8 heteroatoms. The normalized spacial score (nSPS) is 3.38. The van der Waals surface area contributed by atoms with Gasteiger partial charge in [-0.3, -0.25) is 0 Å². The number of halogens is 1. The van der Waals surface area contributed by atoms with Crippen LogP contribution in [-0.4, -0.2) is 27.9 Å². The third-order valence-electron chi connectivity index (χ3n) is 0. The van der Waals surface area contributed by atoms with Crippen LogP contribution in [0.3, 0.4) is 0 Å². The number of rotatable bonds is 0. The Kier molecular flexibility index (Phi) is 84.2. The largest absolute Gasteiger partial charge is 1.00 e. The van der Waals surface area contributed by atoms with Crippen LogP contribution in [0.4, 0.5) is 0 Å². The van der Waals surface area contributed by atoms with E-state index in [0.29, 0.717) is 0 Å². The van der Waals surface area contributed by atoms with Crippen molar-refractivity contribution >= 4 is 7.32 Å². The van der Waals surface area contributed by atoms with E-state index in [9.17, 15) is 0 Å². The molecule has 0 aromatic heterocycles. The molecule has 0 saturated heterocycles. The quantitative estimate of drug-likeness (QED) is 0.333. The van der Waals surface area contributed by atoms with Crippen LogP contribution in [-0.2, 0) is 0 Å². The van der Waals surface area contributed by atoms with Crippen LogP contribution in [0.5, 0.6) is 0 Å². The molecule has 0 saturated carbocycles. The van der Waals surface area contributed by atoms with Crippen LogP contribution in [0.1, 0.15) is 0 Å². The molecule has 0 atom stereocenters. The third-order valence-corrected chi connectivity index (χ3v) is 0. The Hall–Kier alpha value is 3.47. The van der Waals surface area contributed by atoms with E-state index in [4.69, 9.17) is 15.1 Å². The van der Waals surface area contributed by atoms with Gasteiger partial charge in [0.05, 0.1) is 0 Å². The van der Waals surface area contributed by atoms with Gasteiger partial charge in [0.25, 0.3) is 0 Å². The molecule has 0 aromatic rings. The van der Waals surface area contributed by atoms with Crippen LogP contribution in [0.25, 0.3) is 0 Å². The van der Waals surface area contributed by atoms with Crippen molar-refractivity contribution in [2.45, 2.75) is 0 Å². The van der Waals surface area contributed by atoms with Gasteiger partial charge in [0.1, 0.15) is 0 Å². The van der Waals surface area contributed by atoms with Crippen LogP contribution >= 0.6 is 0 Å². The Labute approximate surface area is 139 Å². The Bertz CT molecular complexity index is 18.8. The van der Waals surface area contributed by atoms with Gasteiger partial charge in [0, 0.05) is 0 Å². The second-order valence-electron chi connectivity index (χ2n) is 0.346. The molecule has 4 nitrogen and oxygen atoms in total. The maximum Gasteiger partial charge on any atom is 1.00 e. The van der Waals surface area contributed by atoms with E-state index in [1.165, 1.54) is 0 Å². The van der Waals surface area contributed by atoms with Crippen molar-refractivity contribution in [3.05, 3.63) is 0 Å². The summed E-state index contributed by atoms with van der Waals surface area (Å²) in [6.45, 7) is 0. The fraction of sp³-hybridized carbons (Fsp3) is 0. The molecule has 0 aliphatic carbocycles. The van der Waals surface area contributed by atoms with Crippen molar-refractivity contribution in [1.82, 2.24) is 0 Å². The van der Waals surface area contributed by atoms with Crippen molar-refractivity contribution in [2.24, 2.45) is 0 Å². The average Bonchev–Trinajstić information content (AvgIpc) is 0.811. The van der Waals surface area contributed by atoms with Crippen LogP contribution in [0, 0.1) is 0 Å². The van der Waals surface area contributed by atoms with E-state index in [2.05, 4.69) is 0 Å². The maximum absolute atomic E-state index is 7.17. The SMILES string of the molecule is OB(O)O.[Cl-].[K+].[K+].[OH-]. The third kappa shape index (κ3) is 56.5. The van der Waals surface area contributed by atoms with Gasteiger partial charge >= 0.3 is 110 Å². The van der Waals surface area contributed by atoms with Gasteiger partial charge in [-0.15, -0.1) is 0 Å². The van der Waals surface area contributed by atoms with Crippen LogP contribution in [0.15, 0.2) is 0 Å². The summed E-state index contributed by atoms with van der Waals surface area (Å²) < 4.78 is 0. The predicted molar refractivity (Wildman–Crippen MR) is 14.3 cm³/mol. The smallest absolute Gasteiger partial charge is 1.00 e. The zero-order chi connectivity index (χ0) is 3.58. The first kappa shape index (κ1) is 30.0. The first-order valence-electron chi connectivity index (χ1n) is 0.775. The molecule has 4 N–H and O–H groups in total. The fourth-order valence-electron chi connectivity index (χ4n) is 0. The van der Waals surface area contributed by atoms with Gasteiger partial charge in [-0.2, -0.15) is 0 Å². The van der Waals surface area contributed by atoms with E-state index in [1.54, 1.807) is 0 Å². The second kappa shape index (κ2) is 22.4. The van der Waals surface area contributed by atoms with Gasteiger partial charge < -0.3 is 33.0 Å². The molecule has 0 amide bonds. The number of hydrogen-bond acceptors (Lipinski definition) is 4. The summed E-state index contributed by atoms with van der Waals surface area (Å²) in [5.41, 5.74) is 0. The van der Waals surface area contributed by atoms with Crippen molar-refractivity contribution in [3.63, 3.8) is 0 Å². The standard InChI is InChI=1S/BH3O3.ClH.2K.H2O/c2-1(3)4;;;;/h2-4H;1H;;;1H2/q;;2*+1;/p-2. The van der Waals surface area contributed by atoms with E-state index >= 15 is 0 Å². The van der Waals surface area contributed by atoms with E-state index < -0.39 is 7.32 Å². The minimum absolute atomic E-state index is 0. The molecule has 0 spiro atoms. The Balaban J connectivity index is -0.00000000750. The zero-order valence-electron chi connectivity index (χ0n) is 4.74. The zero-order valence-corrected chi connectivity index (χ0v) is 11.7. The Morgan fingerprint density at radius 2 is 0.875 bits per heavy atom. The fourth-order valence-corrected chi connectivity index (χ4v) is 0. The Morgan fingerprint density at radius 1 is 0.875 bits per heavy atom. The van der Waals surface area contributed by atoms with E-state index in [-0.39, 0.29) is 121 Å². The summed E-state index contributed by atoms with van der Waals surface area (Å²) >= 11 is 0. The van der Waals surface area contributed by atoms with Crippen LogP contribution in [0.2, 0.25) is 0 Å². The molecule has 0 aliphatic rings. The molecule has 0 bridgehead atoms. The van der Waals surface area contributed by atoms with E-state index in [1.807, 2.05) is 0 Å². The molecule has 0 aliphatic heterocycles. The van der Waals surface area contributed by atoms with Gasteiger partial charge in [0.2, 0.25) is 0 Å². The summed E-state index contributed by atoms with van der Waals surface area (Å²) in [4.78, 5) is 0. The minimum atomic E-state index is -2.17. The summed E-state index contributed by atoms with van der Waals surface area (Å²) in [5.74, 6) is 0. The molecule has 40 valence electrons. The van der Waals surface area contributed by atoms with Crippen LogP contribution < -0.4 is 115 Å². The Morgan fingerprint density at radius 3 is 0.875 bits per heavy atom. The monoisotopic (exact) mass is 192 g/mol. The van der Waals surface area contributed by atoms with Crippen molar-refractivity contribution in [2.75, 3.05) is 0 Å². The summed E-state index contributed by atoms with van der Waals surface area (Å²) in [6.07, 6.45) is 0.